The van der Waals surface area contributed by atoms with Crippen LogP contribution in [0.4, 0.5) is 0 Å². The Morgan fingerprint density at radius 3 is 2.38 bits per heavy atom. The zero-order valence-electron chi connectivity index (χ0n) is 13.9. The molecular weight excluding hydrogens is 292 g/mol. The Kier molecular flexibility index (Phi) is 2.78. The maximum Gasteiger partial charge on any atom is 0.0978 e. The largest absolute Gasteiger partial charge is 0.254 e. The first kappa shape index (κ1) is 13.7. The molecule has 0 saturated carbocycles. The Balaban J connectivity index is 2.22. The van der Waals surface area contributed by atoms with E-state index in [4.69, 9.17) is 9.97 Å². The topological polar surface area (TPSA) is 25.8 Å². The van der Waals surface area contributed by atoms with Crippen molar-refractivity contribution >= 4 is 43.9 Å². The Morgan fingerprint density at radius 2 is 1.54 bits per heavy atom. The fraction of sp³-hybridized carbons (Fsp3) is 0.182. The third kappa shape index (κ3) is 1.77. The summed E-state index contributed by atoms with van der Waals surface area (Å²) in [5.41, 5.74) is 6.00. The van der Waals surface area contributed by atoms with Crippen molar-refractivity contribution in [3.05, 3.63) is 59.1 Å². The van der Waals surface area contributed by atoms with Gasteiger partial charge >= 0.3 is 0 Å². The van der Waals surface area contributed by atoms with Crippen LogP contribution in [-0.2, 0) is 0 Å². The third-order valence-electron chi connectivity index (χ3n) is 5.27. The lowest BCUT2D eigenvalue weighted by Gasteiger charge is -2.16. The Hall–Kier alpha value is -2.74. The van der Waals surface area contributed by atoms with Crippen molar-refractivity contribution < 1.29 is 0 Å². The van der Waals surface area contributed by atoms with Gasteiger partial charge in [-0.3, -0.25) is 4.98 Å². The zero-order valence-corrected chi connectivity index (χ0v) is 13.9. The lowest BCUT2D eigenvalue weighted by Crippen LogP contribution is -2.33. The zero-order chi connectivity index (χ0) is 16.3. The van der Waals surface area contributed by atoms with E-state index in [9.17, 15) is 0 Å². The van der Waals surface area contributed by atoms with Gasteiger partial charge in [0, 0.05) is 22.4 Å². The molecule has 5 rings (SSSR count). The minimum Gasteiger partial charge on any atom is -0.254 e. The normalized spacial score (nSPS) is 14.6. The molecule has 0 atom stereocenters. The van der Waals surface area contributed by atoms with E-state index in [0.717, 1.165) is 29.4 Å². The summed E-state index contributed by atoms with van der Waals surface area (Å²) in [5, 5.41) is 6.43. The molecule has 0 amide bonds. The molecule has 24 heavy (non-hydrogen) atoms. The van der Waals surface area contributed by atoms with Crippen LogP contribution in [0.2, 0.25) is 0 Å². The molecule has 0 saturated heterocycles. The number of rotatable bonds is 0. The SMILES string of the molecule is CC1=c2c(c3cc4ccccc4nc3c3ncccc23)=C(C)CC1. The molecule has 2 nitrogen and oxygen atoms in total. The molecule has 0 fully saturated rings. The van der Waals surface area contributed by atoms with Crippen LogP contribution in [0.3, 0.4) is 0 Å². The van der Waals surface area contributed by atoms with Gasteiger partial charge in [0.2, 0.25) is 0 Å². The fourth-order valence-electron chi connectivity index (χ4n) is 4.06. The molecule has 0 bridgehead atoms. The van der Waals surface area contributed by atoms with E-state index in [0.29, 0.717) is 0 Å². The van der Waals surface area contributed by atoms with E-state index in [1.54, 1.807) is 0 Å². The van der Waals surface area contributed by atoms with E-state index in [-0.39, 0.29) is 0 Å². The fourth-order valence-corrected chi connectivity index (χ4v) is 4.06. The Bertz CT molecular complexity index is 1270. The highest BCUT2D eigenvalue weighted by Gasteiger charge is 2.15. The lowest BCUT2D eigenvalue weighted by molar-refractivity contribution is 1.03. The van der Waals surface area contributed by atoms with Gasteiger partial charge in [0.25, 0.3) is 0 Å². The Labute approximate surface area is 140 Å². The first-order valence-corrected chi connectivity index (χ1v) is 8.50. The molecule has 0 aliphatic heterocycles. The molecule has 2 heterocycles. The van der Waals surface area contributed by atoms with Gasteiger partial charge < -0.3 is 0 Å². The van der Waals surface area contributed by atoms with Gasteiger partial charge in [-0.2, -0.15) is 0 Å². The van der Waals surface area contributed by atoms with E-state index in [1.165, 1.54) is 37.7 Å². The molecular formula is C22H18N2. The number of hydrogen-bond acceptors (Lipinski definition) is 2. The molecule has 0 spiro atoms. The first-order valence-electron chi connectivity index (χ1n) is 8.50. The van der Waals surface area contributed by atoms with Crippen LogP contribution in [0.15, 0.2) is 48.7 Å². The van der Waals surface area contributed by atoms with Crippen molar-refractivity contribution in [2.75, 3.05) is 0 Å². The van der Waals surface area contributed by atoms with E-state index in [2.05, 4.69) is 44.2 Å². The van der Waals surface area contributed by atoms with Crippen molar-refractivity contribution in [1.82, 2.24) is 9.97 Å². The quantitative estimate of drug-likeness (QED) is 0.361. The molecule has 0 radical (unpaired) electrons. The molecule has 116 valence electrons. The van der Waals surface area contributed by atoms with Crippen molar-refractivity contribution in [1.29, 1.82) is 0 Å². The number of fused-ring (bicyclic) bond motifs is 7. The Morgan fingerprint density at radius 1 is 0.792 bits per heavy atom. The third-order valence-corrected chi connectivity index (χ3v) is 5.27. The number of aromatic nitrogens is 2. The molecule has 0 unspecified atom stereocenters. The van der Waals surface area contributed by atoms with Crippen molar-refractivity contribution in [3.8, 4) is 0 Å². The van der Waals surface area contributed by atoms with Crippen molar-refractivity contribution in [2.24, 2.45) is 0 Å². The van der Waals surface area contributed by atoms with Gasteiger partial charge in [0.15, 0.2) is 0 Å². The standard InChI is InChI=1S/C22H18N2/c1-13-9-10-14(2)20-17-12-15-6-3-4-8-18(15)24-22(17)21-16(19(13)20)7-5-11-23-21/h3-8,11-12H,9-10H2,1-2H3. The second-order valence-electron chi connectivity index (χ2n) is 6.79. The van der Waals surface area contributed by atoms with Crippen LogP contribution in [0.1, 0.15) is 26.7 Å². The maximum absolute atomic E-state index is 4.99. The lowest BCUT2D eigenvalue weighted by atomic mass is 9.90. The minimum absolute atomic E-state index is 1.02. The highest BCUT2D eigenvalue weighted by molar-refractivity contribution is 6.08. The number of hydrogen-bond donors (Lipinski definition) is 0. The average molecular weight is 310 g/mol. The maximum atomic E-state index is 4.99. The highest BCUT2D eigenvalue weighted by Crippen LogP contribution is 2.24. The number of para-hydroxylation sites is 1. The van der Waals surface area contributed by atoms with E-state index < -0.39 is 0 Å². The molecule has 1 aliphatic carbocycles. The van der Waals surface area contributed by atoms with Crippen LogP contribution in [-0.4, -0.2) is 9.97 Å². The second-order valence-corrected chi connectivity index (χ2v) is 6.79. The van der Waals surface area contributed by atoms with Crippen molar-refractivity contribution in [2.45, 2.75) is 26.7 Å². The highest BCUT2D eigenvalue weighted by atomic mass is 14.7. The summed E-state index contributed by atoms with van der Waals surface area (Å²) in [7, 11) is 0. The number of pyridine rings is 2. The molecule has 4 aromatic rings. The summed E-state index contributed by atoms with van der Waals surface area (Å²) in [6.45, 7) is 4.53. The molecule has 0 N–H and O–H groups in total. The number of nitrogens with zero attached hydrogens (tertiary/aromatic N) is 2. The summed E-state index contributed by atoms with van der Waals surface area (Å²) in [6.07, 6.45) is 4.14. The smallest absolute Gasteiger partial charge is 0.0978 e. The van der Waals surface area contributed by atoms with E-state index >= 15 is 0 Å². The molecule has 2 aromatic carbocycles. The van der Waals surface area contributed by atoms with Gasteiger partial charge in [-0.05, 0) is 55.3 Å². The summed E-state index contributed by atoms with van der Waals surface area (Å²) >= 11 is 0. The van der Waals surface area contributed by atoms with Gasteiger partial charge in [0.05, 0.1) is 16.6 Å². The monoisotopic (exact) mass is 310 g/mol. The molecule has 1 aliphatic rings. The average Bonchev–Trinajstić information content (AvgIpc) is 2.62. The minimum atomic E-state index is 1.02. The van der Waals surface area contributed by atoms with Crippen LogP contribution >= 0.6 is 0 Å². The van der Waals surface area contributed by atoms with E-state index in [1.807, 2.05) is 18.3 Å². The van der Waals surface area contributed by atoms with Crippen LogP contribution in [0.25, 0.3) is 43.9 Å². The molecule has 2 heteroatoms. The summed E-state index contributed by atoms with van der Waals surface area (Å²) in [5.74, 6) is 0. The van der Waals surface area contributed by atoms with Gasteiger partial charge in [0.1, 0.15) is 0 Å². The second kappa shape index (κ2) is 4.88. The predicted octanol–water partition coefficient (Wildman–Crippen LogP) is 4.07. The van der Waals surface area contributed by atoms with Crippen molar-refractivity contribution in [3.63, 3.8) is 0 Å². The van der Waals surface area contributed by atoms with Crippen LogP contribution in [0, 0.1) is 0 Å². The van der Waals surface area contributed by atoms with Gasteiger partial charge in [-0.25, -0.2) is 4.98 Å². The van der Waals surface area contributed by atoms with Crippen LogP contribution < -0.4 is 10.4 Å². The molecule has 2 aromatic heterocycles. The summed E-state index contributed by atoms with van der Waals surface area (Å²) in [6, 6.07) is 14.9. The van der Waals surface area contributed by atoms with Gasteiger partial charge in [-0.1, -0.05) is 35.4 Å². The van der Waals surface area contributed by atoms with Crippen LogP contribution in [0.5, 0.6) is 0 Å². The summed E-state index contributed by atoms with van der Waals surface area (Å²) < 4.78 is 0. The van der Waals surface area contributed by atoms with Gasteiger partial charge in [-0.15, -0.1) is 0 Å². The predicted molar refractivity (Wildman–Crippen MR) is 101 cm³/mol. The summed E-state index contributed by atoms with van der Waals surface area (Å²) in [4.78, 5) is 9.69. The first-order chi connectivity index (χ1) is 11.7. The number of benzene rings is 2.